The van der Waals surface area contributed by atoms with E-state index >= 15 is 0 Å². The molecule has 3 nitrogen and oxygen atoms in total. The van der Waals surface area contributed by atoms with Gasteiger partial charge in [-0.1, -0.05) is 0 Å². The molecule has 0 heterocycles. The SMILES string of the molecule is N#CCC([O])=O. The maximum atomic E-state index is 9.27. The zero-order chi connectivity index (χ0) is 4.99. The summed E-state index contributed by atoms with van der Waals surface area (Å²) >= 11 is 0. The molecule has 0 fully saturated rings. The Bertz CT molecular complexity index is 91.5. The van der Waals surface area contributed by atoms with Crippen molar-refractivity contribution in [2.45, 2.75) is 6.42 Å². The summed E-state index contributed by atoms with van der Waals surface area (Å²) in [6.45, 7) is 0. The van der Waals surface area contributed by atoms with Gasteiger partial charge in [0.25, 0.3) is 0 Å². The van der Waals surface area contributed by atoms with Crippen molar-refractivity contribution in [1.82, 2.24) is 0 Å². The number of hydrogen-bond donors (Lipinski definition) is 0. The first kappa shape index (κ1) is 4.96. The Hall–Kier alpha value is -1.04. The maximum absolute atomic E-state index is 9.27. The molecule has 0 atom stereocenters. The van der Waals surface area contributed by atoms with Crippen LogP contribution in [0.15, 0.2) is 0 Å². The van der Waals surface area contributed by atoms with Crippen LogP contribution in [0.25, 0.3) is 0 Å². The standard InChI is InChI=1S/C3H2NO2/c4-2-1-3(5)6/h1H2. The second kappa shape index (κ2) is 2.21. The molecular formula is C3H2NO2. The molecule has 0 rings (SSSR count). The van der Waals surface area contributed by atoms with E-state index < -0.39 is 12.4 Å². The van der Waals surface area contributed by atoms with Gasteiger partial charge in [-0.2, -0.15) is 5.26 Å². The summed E-state index contributed by atoms with van der Waals surface area (Å²) in [5, 5.41) is 16.8. The van der Waals surface area contributed by atoms with Gasteiger partial charge in [-0.25, -0.2) is 9.90 Å². The van der Waals surface area contributed by atoms with Gasteiger partial charge in [0.1, 0.15) is 6.42 Å². The molecular weight excluding hydrogens is 82.0 g/mol. The van der Waals surface area contributed by atoms with E-state index in [0.29, 0.717) is 0 Å². The highest BCUT2D eigenvalue weighted by Crippen LogP contribution is 1.69. The molecule has 0 saturated carbocycles. The predicted molar refractivity (Wildman–Crippen MR) is 15.9 cm³/mol. The minimum absolute atomic E-state index is 0.514. The molecule has 31 valence electrons. The van der Waals surface area contributed by atoms with Gasteiger partial charge in [0.2, 0.25) is 0 Å². The van der Waals surface area contributed by atoms with Crippen LogP contribution in [0.1, 0.15) is 6.42 Å². The van der Waals surface area contributed by atoms with Crippen molar-refractivity contribution in [2.24, 2.45) is 0 Å². The topological polar surface area (TPSA) is 60.8 Å². The third-order valence-corrected chi connectivity index (χ3v) is 0.223. The molecule has 0 aromatic carbocycles. The summed E-state index contributed by atoms with van der Waals surface area (Å²) in [5.41, 5.74) is 0. The number of nitriles is 1. The number of hydrogen-bond acceptors (Lipinski definition) is 2. The Morgan fingerprint density at radius 1 is 1.83 bits per heavy atom. The first-order valence-electron chi connectivity index (χ1n) is 1.34. The molecule has 1 radical (unpaired) electrons. The predicted octanol–water partition coefficient (Wildman–Crippen LogP) is -0.143. The second-order valence-electron chi connectivity index (χ2n) is 0.707. The van der Waals surface area contributed by atoms with E-state index in [1.165, 1.54) is 6.07 Å². The van der Waals surface area contributed by atoms with Crippen molar-refractivity contribution < 1.29 is 9.90 Å². The summed E-state index contributed by atoms with van der Waals surface area (Å²) < 4.78 is 0. The minimum atomic E-state index is -1.32. The number of rotatable bonds is 1. The fourth-order valence-electron chi connectivity index (χ4n) is 0.0645. The summed E-state index contributed by atoms with van der Waals surface area (Å²) in [6, 6.07) is 1.41. The Balaban J connectivity index is 3.13. The molecule has 0 unspecified atom stereocenters. The van der Waals surface area contributed by atoms with Crippen LogP contribution in [0, 0.1) is 11.3 Å². The summed E-state index contributed by atoms with van der Waals surface area (Å²) in [6.07, 6.45) is -0.514. The van der Waals surface area contributed by atoms with E-state index in [1.54, 1.807) is 0 Å². The lowest BCUT2D eigenvalue weighted by Crippen LogP contribution is -1.86. The Morgan fingerprint density at radius 2 is 2.33 bits per heavy atom. The average molecular weight is 84.1 g/mol. The van der Waals surface area contributed by atoms with Gasteiger partial charge in [0.05, 0.1) is 6.07 Å². The molecule has 0 amide bonds. The quantitative estimate of drug-likeness (QED) is 0.443. The minimum Gasteiger partial charge on any atom is -0.246 e. The first-order valence-corrected chi connectivity index (χ1v) is 1.34. The fourth-order valence-corrected chi connectivity index (χ4v) is 0.0645. The van der Waals surface area contributed by atoms with Gasteiger partial charge in [-0.05, 0) is 0 Å². The number of nitrogens with zero attached hydrogens (tertiary/aromatic N) is 1. The van der Waals surface area contributed by atoms with Crippen molar-refractivity contribution in [3.8, 4) is 6.07 Å². The van der Waals surface area contributed by atoms with Crippen LogP contribution in [-0.4, -0.2) is 5.97 Å². The van der Waals surface area contributed by atoms with Crippen LogP contribution in [0.2, 0.25) is 0 Å². The second-order valence-corrected chi connectivity index (χ2v) is 0.707. The van der Waals surface area contributed by atoms with Crippen LogP contribution in [0.4, 0.5) is 0 Å². The Morgan fingerprint density at radius 3 is 2.33 bits per heavy atom. The van der Waals surface area contributed by atoms with Gasteiger partial charge in [0.15, 0.2) is 0 Å². The molecule has 0 aliphatic rings. The van der Waals surface area contributed by atoms with Crippen molar-refractivity contribution in [3.63, 3.8) is 0 Å². The molecule has 0 bridgehead atoms. The summed E-state index contributed by atoms with van der Waals surface area (Å²) in [5.74, 6) is -1.32. The molecule has 0 aliphatic carbocycles. The molecule has 0 aromatic heterocycles. The summed E-state index contributed by atoms with van der Waals surface area (Å²) in [7, 11) is 0. The third-order valence-electron chi connectivity index (χ3n) is 0.223. The van der Waals surface area contributed by atoms with Crippen LogP contribution < -0.4 is 0 Å². The van der Waals surface area contributed by atoms with E-state index in [4.69, 9.17) is 5.26 Å². The lowest BCUT2D eigenvalue weighted by molar-refractivity contribution is -0.141. The van der Waals surface area contributed by atoms with Gasteiger partial charge >= 0.3 is 5.97 Å². The average Bonchev–Trinajstić information content (AvgIpc) is 1.35. The van der Waals surface area contributed by atoms with Gasteiger partial charge < -0.3 is 0 Å². The van der Waals surface area contributed by atoms with Crippen molar-refractivity contribution in [1.29, 1.82) is 5.26 Å². The molecule has 0 aliphatic heterocycles. The van der Waals surface area contributed by atoms with Crippen LogP contribution >= 0.6 is 0 Å². The molecule has 0 saturated heterocycles. The highest BCUT2D eigenvalue weighted by atomic mass is 16.4. The maximum Gasteiger partial charge on any atom is 0.369 e. The highest BCUT2D eigenvalue weighted by molar-refractivity contribution is 5.68. The molecule has 6 heavy (non-hydrogen) atoms. The fraction of sp³-hybridized carbons (Fsp3) is 0.333. The zero-order valence-corrected chi connectivity index (χ0v) is 2.97. The van der Waals surface area contributed by atoms with Gasteiger partial charge in [-0.15, -0.1) is 0 Å². The largest absolute Gasteiger partial charge is 0.369 e. The Kier molecular flexibility index (Phi) is 1.83. The normalized spacial score (nSPS) is 6.50. The molecule has 3 heteroatoms. The third kappa shape index (κ3) is 2.96. The first-order chi connectivity index (χ1) is 2.77. The smallest absolute Gasteiger partial charge is 0.246 e. The zero-order valence-electron chi connectivity index (χ0n) is 2.97. The molecule has 0 spiro atoms. The van der Waals surface area contributed by atoms with E-state index in [0.717, 1.165) is 0 Å². The molecule has 0 aromatic rings. The van der Waals surface area contributed by atoms with Crippen LogP contribution in [0.5, 0.6) is 0 Å². The summed E-state index contributed by atoms with van der Waals surface area (Å²) in [4.78, 5) is 9.27. The van der Waals surface area contributed by atoms with Gasteiger partial charge in [0, 0.05) is 0 Å². The van der Waals surface area contributed by atoms with Crippen LogP contribution in [0.3, 0.4) is 0 Å². The number of carbonyl (C=O) groups is 1. The van der Waals surface area contributed by atoms with Crippen LogP contribution in [-0.2, 0) is 9.90 Å². The van der Waals surface area contributed by atoms with Crippen molar-refractivity contribution in [2.75, 3.05) is 0 Å². The van der Waals surface area contributed by atoms with Gasteiger partial charge in [-0.3, -0.25) is 0 Å². The Labute approximate surface area is 34.8 Å². The van der Waals surface area contributed by atoms with E-state index in [9.17, 15) is 9.90 Å². The highest BCUT2D eigenvalue weighted by Gasteiger charge is 1.91. The monoisotopic (exact) mass is 84.0 g/mol. The van der Waals surface area contributed by atoms with E-state index in [2.05, 4.69) is 0 Å². The van der Waals surface area contributed by atoms with E-state index in [1.807, 2.05) is 0 Å². The van der Waals surface area contributed by atoms with Crippen molar-refractivity contribution in [3.05, 3.63) is 0 Å². The van der Waals surface area contributed by atoms with E-state index in [-0.39, 0.29) is 0 Å². The molecule has 0 N–H and O–H groups in total. The lowest BCUT2D eigenvalue weighted by Gasteiger charge is -1.63. The van der Waals surface area contributed by atoms with Crippen molar-refractivity contribution >= 4 is 5.97 Å². The lowest BCUT2D eigenvalue weighted by atomic mass is 10.5. The number of carbonyl (C=O) groups excluding carboxylic acids is 1.